The third-order valence-electron chi connectivity index (χ3n) is 4.13. The van der Waals surface area contributed by atoms with E-state index in [1.165, 1.54) is 25.7 Å². The van der Waals surface area contributed by atoms with Crippen LogP contribution in [-0.4, -0.2) is 23.5 Å². The molecule has 0 radical (unpaired) electrons. The molecule has 0 aromatic heterocycles. The average Bonchev–Trinajstić information content (AvgIpc) is 2.89. The summed E-state index contributed by atoms with van der Waals surface area (Å²) in [5.74, 6) is -1.30. The highest BCUT2D eigenvalue weighted by molar-refractivity contribution is 5.85. The lowest BCUT2D eigenvalue weighted by atomic mass is 9.82. The maximum atomic E-state index is 12.1. The second-order valence-corrected chi connectivity index (χ2v) is 5.39. The highest BCUT2D eigenvalue weighted by Crippen LogP contribution is 2.27. The van der Waals surface area contributed by atoms with E-state index in [9.17, 15) is 9.59 Å². The maximum Gasteiger partial charge on any atom is 0.307 e. The monoisotopic (exact) mass is 251 g/mol. The van der Waals surface area contributed by atoms with Crippen LogP contribution < -0.4 is 5.32 Å². The van der Waals surface area contributed by atoms with Gasteiger partial charge in [-0.2, -0.15) is 0 Å². The summed E-state index contributed by atoms with van der Waals surface area (Å²) in [4.78, 5) is 23.2. The van der Waals surface area contributed by atoms with Gasteiger partial charge in [0.05, 0.1) is 11.8 Å². The second kappa shape index (κ2) is 6.03. The van der Waals surface area contributed by atoms with Gasteiger partial charge in [-0.15, -0.1) is 0 Å². The van der Waals surface area contributed by atoms with Crippen molar-refractivity contribution in [1.29, 1.82) is 0 Å². The van der Waals surface area contributed by atoms with E-state index in [0.717, 1.165) is 0 Å². The number of carboxylic acids is 1. The van der Waals surface area contributed by atoms with Gasteiger partial charge in [0.15, 0.2) is 0 Å². The van der Waals surface area contributed by atoms with E-state index in [1.807, 2.05) is 12.2 Å². The molecule has 0 unspecified atom stereocenters. The molecule has 2 rings (SSSR count). The lowest BCUT2D eigenvalue weighted by Crippen LogP contribution is -2.40. The fourth-order valence-electron chi connectivity index (χ4n) is 2.97. The van der Waals surface area contributed by atoms with E-state index in [0.29, 0.717) is 25.3 Å². The van der Waals surface area contributed by atoms with Crippen molar-refractivity contribution in [3.05, 3.63) is 12.2 Å². The Balaban J connectivity index is 1.86. The van der Waals surface area contributed by atoms with Crippen molar-refractivity contribution in [2.45, 2.75) is 38.5 Å². The lowest BCUT2D eigenvalue weighted by Gasteiger charge is -2.24. The van der Waals surface area contributed by atoms with Crippen LogP contribution in [-0.2, 0) is 9.59 Å². The van der Waals surface area contributed by atoms with Gasteiger partial charge in [-0.1, -0.05) is 25.0 Å². The molecule has 0 heterocycles. The van der Waals surface area contributed by atoms with Crippen molar-refractivity contribution in [2.24, 2.45) is 17.8 Å². The standard InChI is InChI=1S/C14H21NO3/c16-13(15-9-10-5-1-2-6-10)11-7-3-4-8-12(11)14(17)18/h3-4,10-12H,1-2,5-9H2,(H,15,16)(H,17,18)/t11-,12+/m1/s1. The summed E-state index contributed by atoms with van der Waals surface area (Å²) in [6.45, 7) is 0.714. The number of allylic oxidation sites excluding steroid dienone is 2. The molecule has 0 saturated heterocycles. The fourth-order valence-corrected chi connectivity index (χ4v) is 2.97. The van der Waals surface area contributed by atoms with Crippen LogP contribution >= 0.6 is 0 Å². The predicted molar refractivity (Wildman–Crippen MR) is 68.0 cm³/mol. The number of rotatable bonds is 4. The Kier molecular flexibility index (Phi) is 4.39. The largest absolute Gasteiger partial charge is 0.481 e. The molecule has 1 fully saturated rings. The summed E-state index contributed by atoms with van der Waals surface area (Å²) in [7, 11) is 0. The number of carboxylic acid groups (broad SMARTS) is 1. The molecule has 2 atom stereocenters. The molecule has 0 bridgehead atoms. The molecule has 4 heteroatoms. The van der Waals surface area contributed by atoms with Crippen LogP contribution in [0, 0.1) is 17.8 Å². The Hall–Kier alpha value is -1.32. The number of carbonyl (C=O) groups is 2. The SMILES string of the molecule is O=C(O)[C@H]1CC=CC[C@H]1C(=O)NCC1CCCC1. The molecule has 1 amide bonds. The van der Waals surface area contributed by atoms with Crippen LogP contribution in [0.15, 0.2) is 12.2 Å². The first-order valence-corrected chi connectivity index (χ1v) is 6.84. The van der Waals surface area contributed by atoms with Crippen LogP contribution in [0.1, 0.15) is 38.5 Å². The first-order chi connectivity index (χ1) is 8.68. The highest BCUT2D eigenvalue weighted by atomic mass is 16.4. The molecule has 2 N–H and O–H groups in total. The molecule has 1 saturated carbocycles. The molecule has 0 aliphatic heterocycles. The van der Waals surface area contributed by atoms with Gasteiger partial charge in [-0.25, -0.2) is 0 Å². The zero-order valence-corrected chi connectivity index (χ0v) is 10.6. The molecule has 100 valence electrons. The fraction of sp³-hybridized carbons (Fsp3) is 0.714. The minimum Gasteiger partial charge on any atom is -0.481 e. The average molecular weight is 251 g/mol. The molecule has 0 spiro atoms. The van der Waals surface area contributed by atoms with Gasteiger partial charge in [-0.3, -0.25) is 9.59 Å². The van der Waals surface area contributed by atoms with Crippen molar-refractivity contribution in [1.82, 2.24) is 5.32 Å². The molecule has 18 heavy (non-hydrogen) atoms. The van der Waals surface area contributed by atoms with Gasteiger partial charge < -0.3 is 10.4 Å². The lowest BCUT2D eigenvalue weighted by molar-refractivity contribution is -0.147. The topological polar surface area (TPSA) is 66.4 Å². The maximum absolute atomic E-state index is 12.1. The zero-order chi connectivity index (χ0) is 13.0. The summed E-state index contributed by atoms with van der Waals surface area (Å²) < 4.78 is 0. The van der Waals surface area contributed by atoms with Gasteiger partial charge in [0.1, 0.15) is 0 Å². The predicted octanol–water partition coefficient (Wildman–Crippen LogP) is 1.96. The number of carbonyl (C=O) groups excluding carboxylic acids is 1. The van der Waals surface area contributed by atoms with Crippen molar-refractivity contribution >= 4 is 11.9 Å². The number of aliphatic carboxylic acids is 1. The second-order valence-electron chi connectivity index (χ2n) is 5.39. The Morgan fingerprint density at radius 1 is 1.11 bits per heavy atom. The zero-order valence-electron chi connectivity index (χ0n) is 10.6. The molecular weight excluding hydrogens is 230 g/mol. The number of hydrogen-bond donors (Lipinski definition) is 2. The molecule has 0 aromatic carbocycles. The Labute approximate surface area is 107 Å². The number of hydrogen-bond acceptors (Lipinski definition) is 2. The molecule has 2 aliphatic rings. The third-order valence-corrected chi connectivity index (χ3v) is 4.13. The Bertz CT molecular complexity index is 345. The highest BCUT2D eigenvalue weighted by Gasteiger charge is 2.34. The first-order valence-electron chi connectivity index (χ1n) is 6.84. The van der Waals surface area contributed by atoms with Crippen LogP contribution in [0.25, 0.3) is 0 Å². The van der Waals surface area contributed by atoms with Crippen molar-refractivity contribution in [3.63, 3.8) is 0 Å². The Morgan fingerprint density at radius 2 is 1.72 bits per heavy atom. The normalized spacial score (nSPS) is 28.2. The molecule has 4 nitrogen and oxygen atoms in total. The van der Waals surface area contributed by atoms with E-state index >= 15 is 0 Å². The summed E-state index contributed by atoms with van der Waals surface area (Å²) >= 11 is 0. The molecule has 0 aromatic rings. The van der Waals surface area contributed by atoms with E-state index < -0.39 is 17.8 Å². The molecule has 2 aliphatic carbocycles. The minimum absolute atomic E-state index is 0.0846. The van der Waals surface area contributed by atoms with Crippen molar-refractivity contribution < 1.29 is 14.7 Å². The molecular formula is C14H21NO3. The number of nitrogens with one attached hydrogen (secondary N) is 1. The van der Waals surface area contributed by atoms with Gasteiger partial charge in [0.25, 0.3) is 0 Å². The van der Waals surface area contributed by atoms with E-state index in [1.54, 1.807) is 0 Å². The quantitative estimate of drug-likeness (QED) is 0.751. The summed E-state index contributed by atoms with van der Waals surface area (Å²) in [6, 6.07) is 0. The van der Waals surface area contributed by atoms with Gasteiger partial charge in [-0.05, 0) is 31.6 Å². The van der Waals surface area contributed by atoms with Gasteiger partial charge in [0, 0.05) is 6.54 Å². The van der Waals surface area contributed by atoms with Crippen LogP contribution in [0.2, 0.25) is 0 Å². The summed E-state index contributed by atoms with van der Waals surface area (Å²) in [5.41, 5.74) is 0. The third kappa shape index (κ3) is 3.12. The smallest absolute Gasteiger partial charge is 0.307 e. The van der Waals surface area contributed by atoms with E-state index in [2.05, 4.69) is 5.32 Å². The number of amides is 1. The summed E-state index contributed by atoms with van der Waals surface area (Å²) in [5, 5.41) is 12.1. The van der Waals surface area contributed by atoms with Crippen molar-refractivity contribution in [3.8, 4) is 0 Å². The van der Waals surface area contributed by atoms with E-state index in [4.69, 9.17) is 5.11 Å². The minimum atomic E-state index is -0.861. The first kappa shape index (κ1) is 13.1. The van der Waals surface area contributed by atoms with Crippen LogP contribution in [0.3, 0.4) is 0 Å². The Morgan fingerprint density at radius 3 is 2.33 bits per heavy atom. The van der Waals surface area contributed by atoms with Crippen LogP contribution in [0.5, 0.6) is 0 Å². The summed E-state index contributed by atoms with van der Waals surface area (Å²) in [6.07, 6.45) is 9.68. The van der Waals surface area contributed by atoms with Gasteiger partial charge >= 0.3 is 5.97 Å². The van der Waals surface area contributed by atoms with E-state index in [-0.39, 0.29) is 5.91 Å². The van der Waals surface area contributed by atoms with Gasteiger partial charge in [0.2, 0.25) is 5.91 Å². The van der Waals surface area contributed by atoms with Crippen LogP contribution in [0.4, 0.5) is 0 Å². The van der Waals surface area contributed by atoms with Crippen molar-refractivity contribution in [2.75, 3.05) is 6.54 Å².